The van der Waals surface area contributed by atoms with E-state index in [2.05, 4.69) is 16.0 Å². The van der Waals surface area contributed by atoms with Gasteiger partial charge >= 0.3 is 0 Å². The summed E-state index contributed by atoms with van der Waals surface area (Å²) in [5.41, 5.74) is 1.10. The highest BCUT2D eigenvalue weighted by Crippen LogP contribution is 2.25. The van der Waals surface area contributed by atoms with Gasteiger partial charge in [0.25, 0.3) is 5.91 Å². The first-order valence-electron chi connectivity index (χ1n) is 10.3. The molecule has 3 rings (SSSR count). The van der Waals surface area contributed by atoms with Crippen molar-refractivity contribution in [3.05, 3.63) is 35.9 Å². The third-order valence-corrected chi connectivity index (χ3v) is 5.63. The molecule has 0 aliphatic carbocycles. The summed E-state index contributed by atoms with van der Waals surface area (Å²) in [6.07, 6.45) is 1.41. The van der Waals surface area contributed by atoms with E-state index in [0.29, 0.717) is 25.9 Å². The van der Waals surface area contributed by atoms with Crippen LogP contribution in [0.25, 0.3) is 0 Å². The Kier molecular flexibility index (Phi) is 7.04. The highest BCUT2D eigenvalue weighted by Gasteiger charge is 2.46. The number of carbonyl (C=O) groups is 4. The molecule has 0 spiro atoms. The molecule has 162 valence electrons. The van der Waals surface area contributed by atoms with Crippen LogP contribution in [0.2, 0.25) is 0 Å². The third-order valence-electron chi connectivity index (χ3n) is 5.63. The Labute approximate surface area is 176 Å². The molecule has 0 saturated carbocycles. The van der Waals surface area contributed by atoms with Gasteiger partial charge in [0.05, 0.1) is 6.04 Å². The number of nitrogens with zero attached hydrogens (tertiary/aromatic N) is 2. The topological polar surface area (TPSA) is 111 Å². The molecule has 0 aromatic heterocycles. The molecule has 1 aromatic carbocycles. The number of benzene rings is 1. The standard InChI is InChI=1S/C21H29N5O4/c1-14(22-2)19(28)24-16-8-9-18(27)25-13-11-17(26(25)21(16)30)20(29)23-12-10-15-6-4-3-5-7-15/h3-7,14,16-17,22H,8-13H2,1-2H3,(H,23,29)(H,24,28)/t14-,16-,17-/m0/s1. The summed E-state index contributed by atoms with van der Waals surface area (Å²) in [4.78, 5) is 50.7. The average molecular weight is 415 g/mol. The van der Waals surface area contributed by atoms with Crippen LogP contribution in [0.15, 0.2) is 30.3 Å². The van der Waals surface area contributed by atoms with Crippen molar-refractivity contribution in [1.82, 2.24) is 26.0 Å². The lowest BCUT2D eigenvalue weighted by Gasteiger charge is -2.31. The van der Waals surface area contributed by atoms with E-state index in [4.69, 9.17) is 0 Å². The number of hydrogen-bond donors (Lipinski definition) is 3. The van der Waals surface area contributed by atoms with Crippen LogP contribution in [0.1, 0.15) is 31.7 Å². The quantitative estimate of drug-likeness (QED) is 0.560. The SMILES string of the molecule is CN[C@@H](C)C(=O)N[C@H]1CCC(=O)N2CC[C@@H](C(=O)NCCc3ccccc3)N2C1=O. The maximum atomic E-state index is 13.1. The Morgan fingerprint density at radius 2 is 1.90 bits per heavy atom. The molecule has 3 N–H and O–H groups in total. The Balaban J connectivity index is 1.66. The summed E-state index contributed by atoms with van der Waals surface area (Å²) in [6.45, 7) is 2.44. The minimum atomic E-state index is -0.833. The molecule has 2 saturated heterocycles. The first-order valence-corrected chi connectivity index (χ1v) is 10.3. The van der Waals surface area contributed by atoms with Crippen LogP contribution in [-0.4, -0.2) is 71.9 Å². The Morgan fingerprint density at radius 1 is 1.17 bits per heavy atom. The van der Waals surface area contributed by atoms with Crippen molar-refractivity contribution in [2.75, 3.05) is 20.1 Å². The monoisotopic (exact) mass is 415 g/mol. The van der Waals surface area contributed by atoms with E-state index >= 15 is 0 Å². The van der Waals surface area contributed by atoms with Crippen molar-refractivity contribution in [2.24, 2.45) is 0 Å². The van der Waals surface area contributed by atoms with Gasteiger partial charge in [0.15, 0.2) is 0 Å². The van der Waals surface area contributed by atoms with Gasteiger partial charge in [0.1, 0.15) is 12.1 Å². The molecule has 2 heterocycles. The smallest absolute Gasteiger partial charge is 0.264 e. The van der Waals surface area contributed by atoms with Gasteiger partial charge < -0.3 is 16.0 Å². The number of hydrazine groups is 1. The number of fused-ring (bicyclic) bond motifs is 1. The van der Waals surface area contributed by atoms with Gasteiger partial charge in [-0.2, -0.15) is 0 Å². The van der Waals surface area contributed by atoms with Crippen molar-refractivity contribution >= 4 is 23.6 Å². The molecule has 2 aliphatic heterocycles. The summed E-state index contributed by atoms with van der Waals surface area (Å²) in [6, 6.07) is 7.73. The van der Waals surface area contributed by atoms with Gasteiger partial charge in [-0.15, -0.1) is 0 Å². The molecule has 0 unspecified atom stereocenters. The van der Waals surface area contributed by atoms with Gasteiger partial charge in [-0.3, -0.25) is 24.2 Å². The van der Waals surface area contributed by atoms with E-state index in [1.54, 1.807) is 14.0 Å². The van der Waals surface area contributed by atoms with Crippen molar-refractivity contribution in [3.8, 4) is 0 Å². The Morgan fingerprint density at radius 3 is 2.60 bits per heavy atom. The minimum Gasteiger partial charge on any atom is -0.354 e. The summed E-state index contributed by atoms with van der Waals surface area (Å²) < 4.78 is 0. The van der Waals surface area contributed by atoms with Crippen LogP contribution in [0.5, 0.6) is 0 Å². The molecule has 4 amide bonds. The zero-order chi connectivity index (χ0) is 21.7. The fourth-order valence-corrected chi connectivity index (χ4v) is 3.74. The summed E-state index contributed by atoms with van der Waals surface area (Å²) in [5.74, 6) is -1.23. The average Bonchev–Trinajstić information content (AvgIpc) is 3.17. The predicted octanol–water partition coefficient (Wildman–Crippen LogP) is -0.424. The summed E-state index contributed by atoms with van der Waals surface area (Å²) in [5, 5.41) is 11.0. The molecule has 2 aliphatic rings. The second kappa shape index (κ2) is 9.71. The van der Waals surface area contributed by atoms with E-state index < -0.39 is 24.0 Å². The van der Waals surface area contributed by atoms with E-state index in [1.807, 2.05) is 30.3 Å². The molecule has 9 heteroatoms. The highest BCUT2D eigenvalue weighted by atomic mass is 16.2. The molecule has 1 aromatic rings. The molecule has 0 bridgehead atoms. The number of carbonyl (C=O) groups excluding carboxylic acids is 4. The second-order valence-electron chi connectivity index (χ2n) is 7.64. The number of hydrogen-bond acceptors (Lipinski definition) is 5. The summed E-state index contributed by atoms with van der Waals surface area (Å²) in [7, 11) is 1.65. The van der Waals surface area contributed by atoms with E-state index in [9.17, 15) is 19.2 Å². The molecule has 3 atom stereocenters. The van der Waals surface area contributed by atoms with Crippen molar-refractivity contribution in [2.45, 2.75) is 50.7 Å². The van der Waals surface area contributed by atoms with E-state index in [0.717, 1.165) is 5.56 Å². The van der Waals surface area contributed by atoms with Crippen LogP contribution in [-0.2, 0) is 25.6 Å². The van der Waals surface area contributed by atoms with Crippen molar-refractivity contribution < 1.29 is 19.2 Å². The molecule has 9 nitrogen and oxygen atoms in total. The second-order valence-corrected chi connectivity index (χ2v) is 7.64. The minimum absolute atomic E-state index is 0.142. The van der Waals surface area contributed by atoms with Crippen LogP contribution in [0, 0.1) is 0 Å². The lowest BCUT2D eigenvalue weighted by Crippen LogP contribution is -2.57. The lowest BCUT2D eigenvalue weighted by molar-refractivity contribution is -0.162. The predicted molar refractivity (Wildman–Crippen MR) is 110 cm³/mol. The maximum Gasteiger partial charge on any atom is 0.264 e. The molecular formula is C21H29N5O4. The summed E-state index contributed by atoms with van der Waals surface area (Å²) >= 11 is 0. The van der Waals surface area contributed by atoms with Gasteiger partial charge in [0.2, 0.25) is 17.7 Å². The largest absolute Gasteiger partial charge is 0.354 e. The zero-order valence-corrected chi connectivity index (χ0v) is 17.4. The van der Waals surface area contributed by atoms with Crippen molar-refractivity contribution in [1.29, 1.82) is 0 Å². The Bertz CT molecular complexity index is 800. The van der Waals surface area contributed by atoms with E-state index in [1.165, 1.54) is 10.0 Å². The zero-order valence-electron chi connectivity index (χ0n) is 17.4. The first kappa shape index (κ1) is 21.8. The van der Waals surface area contributed by atoms with Gasteiger partial charge in [-0.05, 0) is 38.8 Å². The lowest BCUT2D eigenvalue weighted by atomic mass is 10.1. The fraction of sp³-hybridized carbons (Fsp3) is 0.524. The van der Waals surface area contributed by atoms with Gasteiger partial charge in [-0.25, -0.2) is 5.01 Å². The first-order chi connectivity index (χ1) is 14.4. The molecule has 0 radical (unpaired) electrons. The van der Waals surface area contributed by atoms with Gasteiger partial charge in [-0.1, -0.05) is 30.3 Å². The van der Waals surface area contributed by atoms with Crippen molar-refractivity contribution in [3.63, 3.8) is 0 Å². The fourth-order valence-electron chi connectivity index (χ4n) is 3.74. The molecular weight excluding hydrogens is 386 g/mol. The van der Waals surface area contributed by atoms with E-state index in [-0.39, 0.29) is 30.6 Å². The number of likely N-dealkylation sites (N-methyl/N-ethyl adjacent to an activating group) is 1. The van der Waals surface area contributed by atoms with Gasteiger partial charge in [0, 0.05) is 19.5 Å². The maximum absolute atomic E-state index is 13.1. The highest BCUT2D eigenvalue weighted by molar-refractivity contribution is 5.96. The molecule has 30 heavy (non-hydrogen) atoms. The normalized spacial score (nSPS) is 22.3. The third kappa shape index (κ3) is 4.79. The van der Waals surface area contributed by atoms with Crippen LogP contribution >= 0.6 is 0 Å². The number of amides is 4. The van der Waals surface area contributed by atoms with Crippen LogP contribution < -0.4 is 16.0 Å². The number of nitrogens with one attached hydrogen (secondary N) is 3. The van der Waals surface area contributed by atoms with Crippen LogP contribution in [0.3, 0.4) is 0 Å². The molecule has 2 fully saturated rings. The van der Waals surface area contributed by atoms with Crippen LogP contribution in [0.4, 0.5) is 0 Å². The number of rotatable bonds is 7. The Hall–Kier alpha value is -2.94.